The number of thiazole rings is 1. The molecule has 0 fully saturated rings. The lowest BCUT2D eigenvalue weighted by Crippen LogP contribution is -2.39. The molecule has 0 radical (unpaired) electrons. The molecule has 3 aromatic rings. The summed E-state index contributed by atoms with van der Waals surface area (Å²) in [6.45, 7) is 11.7. The van der Waals surface area contributed by atoms with Crippen LogP contribution < -0.4 is 4.90 Å². The van der Waals surface area contributed by atoms with Crippen LogP contribution in [-0.4, -0.2) is 47.7 Å². The molecule has 1 amide bonds. The van der Waals surface area contributed by atoms with E-state index in [-0.39, 0.29) is 5.91 Å². The highest BCUT2D eigenvalue weighted by Gasteiger charge is 2.21. The van der Waals surface area contributed by atoms with E-state index in [1.807, 2.05) is 24.0 Å². The number of hydrogen-bond donors (Lipinski definition) is 0. The Labute approximate surface area is 192 Å². The number of carbonyl (C=O) groups excluding carboxylic acids is 1. The first-order chi connectivity index (χ1) is 14.4. The van der Waals surface area contributed by atoms with E-state index in [4.69, 9.17) is 16.6 Å². The lowest BCUT2D eigenvalue weighted by atomic mass is 10.2. The Hall–Kier alpha value is -1.60. The van der Waals surface area contributed by atoms with E-state index < -0.39 is 0 Å². The third-order valence-electron chi connectivity index (χ3n) is 5.09. The number of anilines is 1. The second kappa shape index (κ2) is 10.6. The second-order valence-corrected chi connectivity index (χ2v) is 9.73. The molecule has 0 aliphatic carbocycles. The molecule has 0 atom stereocenters. The first kappa shape index (κ1) is 23.1. The summed E-state index contributed by atoms with van der Waals surface area (Å²) in [5.41, 5.74) is 3.17. The first-order valence-corrected chi connectivity index (χ1v) is 12.4. The minimum atomic E-state index is 0.0792. The van der Waals surface area contributed by atoms with E-state index in [0.717, 1.165) is 45.4 Å². The van der Waals surface area contributed by atoms with Gasteiger partial charge in [0, 0.05) is 23.0 Å². The van der Waals surface area contributed by atoms with Crippen LogP contribution >= 0.6 is 34.7 Å². The molecule has 0 saturated carbocycles. The molecule has 0 saturated heterocycles. The van der Waals surface area contributed by atoms with Gasteiger partial charge in [-0.05, 0) is 56.8 Å². The van der Waals surface area contributed by atoms with Gasteiger partial charge in [-0.15, -0.1) is 11.8 Å². The van der Waals surface area contributed by atoms with Crippen molar-refractivity contribution < 1.29 is 4.79 Å². The van der Waals surface area contributed by atoms with Crippen molar-refractivity contribution in [1.29, 1.82) is 0 Å². The van der Waals surface area contributed by atoms with Crippen LogP contribution in [0.2, 0.25) is 5.02 Å². The molecule has 4 nitrogen and oxygen atoms in total. The molecule has 0 spiro atoms. The lowest BCUT2D eigenvalue weighted by Gasteiger charge is -2.24. The normalized spacial score (nSPS) is 11.4. The van der Waals surface area contributed by atoms with Gasteiger partial charge in [0.1, 0.15) is 0 Å². The van der Waals surface area contributed by atoms with Crippen LogP contribution in [0.15, 0.2) is 41.3 Å². The maximum absolute atomic E-state index is 13.2. The molecule has 2 aromatic carbocycles. The molecule has 7 heteroatoms. The van der Waals surface area contributed by atoms with Crippen molar-refractivity contribution in [2.75, 3.05) is 36.8 Å². The van der Waals surface area contributed by atoms with Crippen molar-refractivity contribution in [1.82, 2.24) is 9.88 Å². The van der Waals surface area contributed by atoms with Crippen LogP contribution in [0, 0.1) is 13.8 Å². The quantitative estimate of drug-likeness (QED) is 0.364. The van der Waals surface area contributed by atoms with Gasteiger partial charge in [-0.25, -0.2) is 4.98 Å². The minimum absolute atomic E-state index is 0.0792. The van der Waals surface area contributed by atoms with E-state index in [9.17, 15) is 4.79 Å². The van der Waals surface area contributed by atoms with Crippen LogP contribution in [0.25, 0.3) is 10.2 Å². The second-order valence-electron chi connectivity index (χ2n) is 7.24. The van der Waals surface area contributed by atoms with Gasteiger partial charge in [0.2, 0.25) is 5.91 Å². The summed E-state index contributed by atoms with van der Waals surface area (Å²) in [7, 11) is 0. The third kappa shape index (κ3) is 5.76. The Kier molecular flexibility index (Phi) is 8.17. The fourth-order valence-electron chi connectivity index (χ4n) is 3.22. The number of benzene rings is 2. The average molecular weight is 462 g/mol. The van der Waals surface area contributed by atoms with Gasteiger partial charge in [-0.1, -0.05) is 54.5 Å². The van der Waals surface area contributed by atoms with Gasteiger partial charge >= 0.3 is 0 Å². The fourth-order valence-corrected chi connectivity index (χ4v) is 5.46. The van der Waals surface area contributed by atoms with Gasteiger partial charge < -0.3 is 4.90 Å². The summed E-state index contributed by atoms with van der Waals surface area (Å²) >= 11 is 9.34. The molecular weight excluding hydrogens is 434 g/mol. The van der Waals surface area contributed by atoms with Crippen molar-refractivity contribution in [3.8, 4) is 0 Å². The lowest BCUT2D eigenvalue weighted by molar-refractivity contribution is -0.116. The smallest absolute Gasteiger partial charge is 0.239 e. The third-order valence-corrected chi connectivity index (χ3v) is 7.33. The summed E-state index contributed by atoms with van der Waals surface area (Å²) in [4.78, 5) is 23.3. The Morgan fingerprint density at radius 1 is 1.10 bits per heavy atom. The van der Waals surface area contributed by atoms with Crippen molar-refractivity contribution in [3.05, 3.63) is 52.5 Å². The number of carbonyl (C=O) groups is 1. The maximum Gasteiger partial charge on any atom is 0.239 e. The molecule has 0 aliphatic rings. The number of thioether (sulfide) groups is 1. The number of halogens is 1. The Bertz CT molecular complexity index is 1000. The van der Waals surface area contributed by atoms with Crippen LogP contribution in [0.3, 0.4) is 0 Å². The van der Waals surface area contributed by atoms with Crippen LogP contribution in [0.4, 0.5) is 5.13 Å². The largest absolute Gasteiger partial charge is 0.302 e. The number of aryl methyl sites for hydroxylation is 2. The monoisotopic (exact) mass is 461 g/mol. The van der Waals surface area contributed by atoms with Gasteiger partial charge in [-0.3, -0.25) is 9.69 Å². The summed E-state index contributed by atoms with van der Waals surface area (Å²) in [6, 6.07) is 12.1. The molecule has 1 aromatic heterocycles. The molecule has 3 rings (SSSR count). The average Bonchev–Trinajstić information content (AvgIpc) is 3.14. The number of nitrogens with zero attached hydrogens (tertiary/aromatic N) is 3. The molecular formula is C23H28ClN3OS2. The first-order valence-electron chi connectivity index (χ1n) is 10.2. The molecule has 160 valence electrons. The van der Waals surface area contributed by atoms with Crippen molar-refractivity contribution >= 4 is 56.0 Å². The van der Waals surface area contributed by atoms with Crippen molar-refractivity contribution in [2.45, 2.75) is 32.6 Å². The van der Waals surface area contributed by atoms with E-state index >= 15 is 0 Å². The fraction of sp³-hybridized carbons (Fsp3) is 0.391. The molecule has 1 heterocycles. The summed E-state index contributed by atoms with van der Waals surface area (Å²) in [5.74, 6) is 0.465. The summed E-state index contributed by atoms with van der Waals surface area (Å²) in [6.07, 6.45) is 0. The molecule has 30 heavy (non-hydrogen) atoms. The highest BCUT2D eigenvalue weighted by Crippen LogP contribution is 2.33. The molecule has 0 aliphatic heterocycles. The van der Waals surface area contributed by atoms with E-state index in [1.54, 1.807) is 11.8 Å². The predicted octanol–water partition coefficient (Wildman–Crippen LogP) is 6.03. The standard InChI is InChI=1S/C23H28ClN3OS2/c1-5-26(6-2)11-12-27(21(28)15-29-19-9-7-16(3)8-10-19)23-25-22-17(4)13-18(24)14-20(22)30-23/h7-10,13-14H,5-6,11-12,15H2,1-4H3. The number of fused-ring (bicyclic) bond motifs is 1. The minimum Gasteiger partial charge on any atom is -0.302 e. The van der Waals surface area contributed by atoms with Gasteiger partial charge in [0.25, 0.3) is 0 Å². The van der Waals surface area contributed by atoms with Gasteiger partial charge in [0.15, 0.2) is 5.13 Å². The number of likely N-dealkylation sites (N-methyl/N-ethyl adjacent to an activating group) is 1. The Balaban J connectivity index is 1.82. The summed E-state index contributed by atoms with van der Waals surface area (Å²) in [5, 5.41) is 1.45. The van der Waals surface area contributed by atoms with E-state index in [0.29, 0.717) is 17.3 Å². The number of rotatable bonds is 9. The zero-order valence-electron chi connectivity index (χ0n) is 17.9. The van der Waals surface area contributed by atoms with Gasteiger partial charge in [-0.2, -0.15) is 0 Å². The number of hydrogen-bond acceptors (Lipinski definition) is 5. The van der Waals surface area contributed by atoms with E-state index in [1.165, 1.54) is 16.9 Å². The zero-order valence-corrected chi connectivity index (χ0v) is 20.3. The Morgan fingerprint density at radius 2 is 1.80 bits per heavy atom. The van der Waals surface area contributed by atoms with Crippen molar-refractivity contribution in [3.63, 3.8) is 0 Å². The van der Waals surface area contributed by atoms with Crippen LogP contribution in [-0.2, 0) is 4.79 Å². The highest BCUT2D eigenvalue weighted by atomic mass is 35.5. The van der Waals surface area contributed by atoms with Crippen molar-refractivity contribution in [2.24, 2.45) is 0 Å². The molecule has 0 unspecified atom stereocenters. The van der Waals surface area contributed by atoms with Crippen LogP contribution in [0.5, 0.6) is 0 Å². The number of aromatic nitrogens is 1. The predicted molar refractivity (Wildman–Crippen MR) is 131 cm³/mol. The molecule has 0 N–H and O–H groups in total. The topological polar surface area (TPSA) is 36.4 Å². The highest BCUT2D eigenvalue weighted by molar-refractivity contribution is 8.00. The van der Waals surface area contributed by atoms with Gasteiger partial charge in [0.05, 0.1) is 16.0 Å². The number of amides is 1. The zero-order chi connectivity index (χ0) is 21.7. The SMILES string of the molecule is CCN(CC)CCN(C(=O)CSc1ccc(C)cc1)c1nc2c(C)cc(Cl)cc2s1. The van der Waals surface area contributed by atoms with E-state index in [2.05, 4.69) is 49.9 Å². The summed E-state index contributed by atoms with van der Waals surface area (Å²) < 4.78 is 1.02. The van der Waals surface area contributed by atoms with Crippen LogP contribution in [0.1, 0.15) is 25.0 Å². The maximum atomic E-state index is 13.2. The molecule has 0 bridgehead atoms. The Morgan fingerprint density at radius 3 is 2.47 bits per heavy atom.